The van der Waals surface area contributed by atoms with Crippen molar-refractivity contribution in [1.29, 1.82) is 0 Å². The predicted octanol–water partition coefficient (Wildman–Crippen LogP) is 0.521. The van der Waals surface area contributed by atoms with Gasteiger partial charge in [-0.15, -0.1) is 0 Å². The van der Waals surface area contributed by atoms with Crippen molar-refractivity contribution in [3.8, 4) is 0 Å². The van der Waals surface area contributed by atoms with E-state index >= 15 is 0 Å². The number of carbonyl (C=O) groups is 1. The molecule has 0 rings (SSSR count). The van der Waals surface area contributed by atoms with Gasteiger partial charge in [0.15, 0.2) is 0 Å². The van der Waals surface area contributed by atoms with Gasteiger partial charge in [-0.3, -0.25) is 4.79 Å². The molecule has 0 aliphatic rings. The Morgan fingerprint density at radius 1 is 1.43 bits per heavy atom. The van der Waals surface area contributed by atoms with Crippen LogP contribution in [0.5, 0.6) is 0 Å². The van der Waals surface area contributed by atoms with Crippen LogP contribution in [0.25, 0.3) is 0 Å². The van der Waals surface area contributed by atoms with Crippen molar-refractivity contribution < 1.29 is 27.8 Å². The van der Waals surface area contributed by atoms with Gasteiger partial charge in [-0.1, -0.05) is 0 Å². The van der Waals surface area contributed by atoms with E-state index in [1.165, 1.54) is 14.1 Å². The lowest BCUT2D eigenvalue weighted by Crippen LogP contribution is -2.41. The van der Waals surface area contributed by atoms with Crippen molar-refractivity contribution in [2.45, 2.75) is 12.6 Å². The van der Waals surface area contributed by atoms with E-state index < -0.39 is 12.1 Å². The fourth-order valence-electron chi connectivity index (χ4n) is 0.768. The van der Waals surface area contributed by atoms with Crippen molar-refractivity contribution in [2.75, 3.05) is 27.2 Å². The van der Waals surface area contributed by atoms with Gasteiger partial charge in [0.2, 0.25) is 0 Å². The van der Waals surface area contributed by atoms with Crippen LogP contribution < -0.4 is 5.32 Å². The summed E-state index contributed by atoms with van der Waals surface area (Å²) in [6.07, 6.45) is -4.55. The molecule has 0 spiro atoms. The number of hydrogen-bond acceptors (Lipinski definition) is 2. The molecule has 1 amide bonds. The maximum absolute atomic E-state index is 11.6. The average Bonchev–Trinajstić information content (AvgIpc) is 1.93. The molecule has 14 heavy (non-hydrogen) atoms. The predicted molar refractivity (Wildman–Crippen MR) is 42.4 cm³/mol. The first-order valence-corrected chi connectivity index (χ1v) is 4.04. The summed E-state index contributed by atoms with van der Waals surface area (Å²) >= 11 is 0. The second-order valence-corrected chi connectivity index (χ2v) is 3.45. The minimum absolute atomic E-state index is 0.0966. The fraction of sp³-hybridized carbons (Fsp3) is 0.857. The van der Waals surface area contributed by atoms with Crippen molar-refractivity contribution in [3.63, 3.8) is 0 Å². The highest BCUT2D eigenvalue weighted by molar-refractivity contribution is 5.81. The molecule has 0 radical (unpaired) electrons. The number of nitrogens with zero attached hydrogens (tertiary/aromatic N) is 1. The highest BCUT2D eigenvalue weighted by atomic mass is 19.4. The fourth-order valence-corrected chi connectivity index (χ4v) is 0.768. The number of alkyl halides is 3. The van der Waals surface area contributed by atoms with Crippen LogP contribution in [0, 0.1) is 0 Å². The van der Waals surface area contributed by atoms with Gasteiger partial charge in [0.1, 0.15) is 6.54 Å². The average molecular weight is 215 g/mol. The number of quaternary nitrogens is 1. The summed E-state index contributed by atoms with van der Waals surface area (Å²) in [6.45, 7) is 0.179. The van der Waals surface area contributed by atoms with E-state index in [1.807, 2.05) is 0 Å². The zero-order valence-electron chi connectivity index (χ0n) is 8.06. The number of carbonyl (C=O) groups excluding carboxylic acids is 1. The molecule has 0 heterocycles. The Morgan fingerprint density at radius 2 is 1.93 bits per heavy atom. The highest BCUT2D eigenvalue weighted by Crippen LogP contribution is 2.13. The number of nitrogens with one attached hydrogen (secondary N) is 1. The summed E-state index contributed by atoms with van der Waals surface area (Å²) in [5, 5.41) is 10.9. The second kappa shape index (κ2) is 4.61. The lowest BCUT2D eigenvalue weighted by molar-refractivity contribution is -1.07. The van der Waals surface area contributed by atoms with Gasteiger partial charge in [0, 0.05) is 13.0 Å². The van der Waals surface area contributed by atoms with E-state index in [-0.39, 0.29) is 24.2 Å². The molecule has 84 valence electrons. The van der Waals surface area contributed by atoms with Gasteiger partial charge in [-0.05, 0) is 0 Å². The highest BCUT2D eigenvalue weighted by Gasteiger charge is 2.38. The third kappa shape index (κ3) is 6.67. The van der Waals surface area contributed by atoms with E-state index in [4.69, 9.17) is 5.21 Å². The zero-order valence-corrected chi connectivity index (χ0v) is 8.06. The molecular formula is C7H14F3N2O2+. The van der Waals surface area contributed by atoms with E-state index in [0.717, 1.165) is 0 Å². The van der Waals surface area contributed by atoms with E-state index in [2.05, 4.69) is 0 Å². The van der Waals surface area contributed by atoms with Crippen LogP contribution in [0.15, 0.2) is 0 Å². The molecule has 0 aromatic carbocycles. The third-order valence-corrected chi connectivity index (χ3v) is 1.43. The molecule has 0 aromatic rings. The molecule has 0 bridgehead atoms. The molecule has 0 aromatic heterocycles. The Morgan fingerprint density at radius 3 is 2.29 bits per heavy atom. The first kappa shape index (κ1) is 13.2. The molecule has 0 saturated carbocycles. The van der Waals surface area contributed by atoms with Crippen LogP contribution in [0.3, 0.4) is 0 Å². The topological polar surface area (TPSA) is 49.3 Å². The van der Waals surface area contributed by atoms with Crippen LogP contribution in [-0.2, 0) is 4.79 Å². The number of rotatable bonds is 4. The monoisotopic (exact) mass is 215 g/mol. The van der Waals surface area contributed by atoms with Crippen molar-refractivity contribution >= 4 is 5.91 Å². The molecule has 0 saturated heterocycles. The standard InChI is InChI=1S/C7H13F3N2O2/c1-12(2,14)5-3-4-11-6(13)7(8,9)10/h14H,3-5H2,1-2H3/p+1. The molecule has 0 aliphatic carbocycles. The van der Waals surface area contributed by atoms with E-state index in [0.29, 0.717) is 0 Å². The Bertz CT molecular complexity index is 198. The minimum atomic E-state index is -4.83. The summed E-state index contributed by atoms with van der Waals surface area (Å²) < 4.78 is 34.6. The Hall–Kier alpha value is -0.820. The summed E-state index contributed by atoms with van der Waals surface area (Å²) in [4.78, 5) is 10.3. The van der Waals surface area contributed by atoms with Crippen molar-refractivity contribution in [1.82, 2.24) is 5.32 Å². The molecule has 2 N–H and O–H groups in total. The van der Waals surface area contributed by atoms with Gasteiger partial charge >= 0.3 is 12.1 Å². The normalized spacial score (nSPS) is 12.7. The maximum atomic E-state index is 11.6. The van der Waals surface area contributed by atoms with E-state index in [9.17, 15) is 18.0 Å². The molecule has 0 atom stereocenters. The van der Waals surface area contributed by atoms with Gasteiger partial charge in [0.05, 0.1) is 14.1 Å². The Labute approximate surface area is 79.9 Å². The van der Waals surface area contributed by atoms with Crippen LogP contribution in [0.4, 0.5) is 13.2 Å². The summed E-state index contributed by atoms with van der Waals surface area (Å²) in [6, 6.07) is 0. The molecule has 0 aliphatic heterocycles. The number of halogens is 3. The minimum Gasteiger partial charge on any atom is -0.348 e. The first-order chi connectivity index (χ1) is 6.13. The molecule has 0 fully saturated rings. The van der Waals surface area contributed by atoms with Gasteiger partial charge in [0.25, 0.3) is 0 Å². The van der Waals surface area contributed by atoms with Crippen LogP contribution >= 0.6 is 0 Å². The molecular weight excluding hydrogens is 201 g/mol. The SMILES string of the molecule is C[N+](C)(O)CCCNC(=O)C(F)(F)F. The largest absolute Gasteiger partial charge is 0.471 e. The van der Waals surface area contributed by atoms with Crippen LogP contribution in [-0.4, -0.2) is 49.1 Å². The first-order valence-electron chi connectivity index (χ1n) is 4.04. The number of hydroxylamine groups is 3. The second-order valence-electron chi connectivity index (χ2n) is 3.45. The third-order valence-electron chi connectivity index (χ3n) is 1.43. The summed E-state index contributed by atoms with van der Waals surface area (Å²) in [7, 11) is 2.98. The van der Waals surface area contributed by atoms with Crippen molar-refractivity contribution in [2.24, 2.45) is 0 Å². The molecule has 4 nitrogen and oxygen atoms in total. The van der Waals surface area contributed by atoms with E-state index in [1.54, 1.807) is 5.32 Å². The van der Waals surface area contributed by atoms with Crippen LogP contribution in [0.1, 0.15) is 6.42 Å². The summed E-state index contributed by atoms with van der Waals surface area (Å²) in [5.41, 5.74) is 0. The number of hydrogen-bond donors (Lipinski definition) is 2. The van der Waals surface area contributed by atoms with Gasteiger partial charge in [-0.25, -0.2) is 5.21 Å². The molecule has 7 heteroatoms. The van der Waals surface area contributed by atoms with Gasteiger partial charge < -0.3 is 5.32 Å². The van der Waals surface area contributed by atoms with Crippen molar-refractivity contribution in [3.05, 3.63) is 0 Å². The summed E-state index contributed by atoms with van der Waals surface area (Å²) in [5.74, 6) is -1.94. The maximum Gasteiger partial charge on any atom is 0.471 e. The number of amides is 1. The quantitative estimate of drug-likeness (QED) is 0.408. The van der Waals surface area contributed by atoms with Crippen LogP contribution in [0.2, 0.25) is 0 Å². The Balaban J connectivity index is 3.62. The Kier molecular flexibility index (Phi) is 4.34. The lowest BCUT2D eigenvalue weighted by atomic mass is 10.4. The lowest BCUT2D eigenvalue weighted by Gasteiger charge is -2.19. The van der Waals surface area contributed by atoms with Gasteiger partial charge in [-0.2, -0.15) is 17.8 Å². The molecule has 0 unspecified atom stereocenters. The zero-order chi connectivity index (χ0) is 11.4. The smallest absolute Gasteiger partial charge is 0.348 e.